The predicted molar refractivity (Wildman–Crippen MR) is 73.9 cm³/mol. The number of carbonyl (C=O) groups is 2. The highest BCUT2D eigenvalue weighted by atomic mass is 16.4. The molecule has 0 atom stereocenters. The smallest absolute Gasteiger partial charge is 0.305 e. The van der Waals surface area contributed by atoms with Crippen LogP contribution in [-0.4, -0.2) is 37.1 Å². The number of nitrogens with zero attached hydrogens (tertiary/aromatic N) is 3. The predicted octanol–water partition coefficient (Wildman–Crippen LogP) is 1.25. The number of fused-ring (bicyclic) bond motifs is 1. The van der Waals surface area contributed by atoms with Crippen molar-refractivity contribution in [1.82, 2.24) is 19.9 Å². The van der Waals surface area contributed by atoms with E-state index in [0.29, 0.717) is 24.1 Å². The molecule has 1 saturated carbocycles. The molecule has 2 aromatic heterocycles. The number of hydrogen-bond donors (Lipinski definition) is 2. The molecule has 0 unspecified atom stereocenters. The Morgan fingerprint density at radius 1 is 1.38 bits per heavy atom. The fourth-order valence-electron chi connectivity index (χ4n) is 2.98. The van der Waals surface area contributed by atoms with E-state index in [4.69, 9.17) is 5.11 Å². The lowest BCUT2D eigenvalue weighted by Gasteiger charge is -2.28. The zero-order valence-corrected chi connectivity index (χ0v) is 11.5. The number of aromatic nitrogens is 3. The Kier molecular flexibility index (Phi) is 3.32. The lowest BCUT2D eigenvalue weighted by Crippen LogP contribution is -2.47. The third kappa shape index (κ3) is 2.58. The lowest BCUT2D eigenvalue weighted by atomic mass is 9.93. The number of rotatable bonds is 4. The van der Waals surface area contributed by atoms with Gasteiger partial charge in [0.05, 0.1) is 18.2 Å². The number of aliphatic carboxylic acids is 1. The molecular weight excluding hydrogens is 272 g/mol. The Morgan fingerprint density at radius 3 is 2.86 bits per heavy atom. The summed E-state index contributed by atoms with van der Waals surface area (Å²) in [5, 5.41) is 16.1. The Hall–Kier alpha value is -2.44. The summed E-state index contributed by atoms with van der Waals surface area (Å²) in [5.74, 6) is -1.21. The minimum Gasteiger partial charge on any atom is -0.481 e. The maximum atomic E-state index is 12.5. The topological polar surface area (TPSA) is 96.6 Å². The molecule has 7 nitrogen and oxygen atoms in total. The Balaban J connectivity index is 1.86. The summed E-state index contributed by atoms with van der Waals surface area (Å²) < 4.78 is 1.52. The van der Waals surface area contributed by atoms with Crippen LogP contribution >= 0.6 is 0 Å². The van der Waals surface area contributed by atoms with Crippen molar-refractivity contribution in [3.63, 3.8) is 0 Å². The van der Waals surface area contributed by atoms with Gasteiger partial charge in [0.2, 0.25) is 0 Å². The summed E-state index contributed by atoms with van der Waals surface area (Å²) >= 11 is 0. The number of carboxylic acids is 1. The first-order chi connectivity index (χ1) is 10.1. The molecule has 7 heteroatoms. The molecule has 0 aromatic carbocycles. The largest absolute Gasteiger partial charge is 0.481 e. The third-order valence-electron chi connectivity index (χ3n) is 3.95. The number of amides is 1. The molecule has 0 aliphatic heterocycles. The Labute approximate surface area is 121 Å². The van der Waals surface area contributed by atoms with E-state index in [-0.39, 0.29) is 12.3 Å². The first kappa shape index (κ1) is 13.5. The molecule has 1 aliphatic carbocycles. The summed E-state index contributed by atoms with van der Waals surface area (Å²) in [5.41, 5.74) is 0.192. The quantitative estimate of drug-likeness (QED) is 0.882. The SMILES string of the molecule is O=C(O)CC1(NC(=O)c2cnn3cccnc23)CCCC1. The molecule has 0 saturated heterocycles. The van der Waals surface area contributed by atoms with Gasteiger partial charge in [0.1, 0.15) is 5.56 Å². The van der Waals surface area contributed by atoms with Crippen LogP contribution < -0.4 is 5.32 Å². The van der Waals surface area contributed by atoms with Crippen LogP contribution in [-0.2, 0) is 4.79 Å². The van der Waals surface area contributed by atoms with Gasteiger partial charge in [0, 0.05) is 12.4 Å². The van der Waals surface area contributed by atoms with Gasteiger partial charge in [-0.1, -0.05) is 12.8 Å². The summed E-state index contributed by atoms with van der Waals surface area (Å²) in [6.45, 7) is 0. The fourth-order valence-corrected chi connectivity index (χ4v) is 2.98. The van der Waals surface area contributed by atoms with Crippen molar-refractivity contribution >= 4 is 17.5 Å². The summed E-state index contributed by atoms with van der Waals surface area (Å²) in [6.07, 6.45) is 7.96. The van der Waals surface area contributed by atoms with Crippen LogP contribution in [0.3, 0.4) is 0 Å². The monoisotopic (exact) mass is 288 g/mol. The van der Waals surface area contributed by atoms with E-state index < -0.39 is 11.5 Å². The average molecular weight is 288 g/mol. The molecule has 0 spiro atoms. The molecule has 1 aliphatic rings. The van der Waals surface area contributed by atoms with Crippen LogP contribution in [0, 0.1) is 0 Å². The van der Waals surface area contributed by atoms with E-state index >= 15 is 0 Å². The summed E-state index contributed by atoms with van der Waals surface area (Å²) in [6, 6.07) is 1.73. The van der Waals surface area contributed by atoms with E-state index in [2.05, 4.69) is 15.4 Å². The van der Waals surface area contributed by atoms with Crippen molar-refractivity contribution in [2.24, 2.45) is 0 Å². The van der Waals surface area contributed by atoms with Gasteiger partial charge < -0.3 is 10.4 Å². The van der Waals surface area contributed by atoms with Crippen molar-refractivity contribution in [2.75, 3.05) is 0 Å². The molecule has 21 heavy (non-hydrogen) atoms. The molecule has 1 fully saturated rings. The minimum absolute atomic E-state index is 0.0502. The molecule has 2 aromatic rings. The molecule has 0 radical (unpaired) electrons. The summed E-state index contributed by atoms with van der Waals surface area (Å²) in [7, 11) is 0. The van der Waals surface area contributed by atoms with Crippen molar-refractivity contribution < 1.29 is 14.7 Å². The van der Waals surface area contributed by atoms with Crippen molar-refractivity contribution in [1.29, 1.82) is 0 Å². The van der Waals surface area contributed by atoms with Gasteiger partial charge in [0.25, 0.3) is 5.91 Å². The van der Waals surface area contributed by atoms with E-state index in [1.807, 2.05) is 0 Å². The molecular formula is C14H16N4O3. The second-order valence-electron chi connectivity index (χ2n) is 5.46. The Bertz CT molecular complexity index is 688. The van der Waals surface area contributed by atoms with E-state index in [1.54, 1.807) is 18.5 Å². The average Bonchev–Trinajstić information content (AvgIpc) is 3.04. The van der Waals surface area contributed by atoms with Gasteiger partial charge in [0.15, 0.2) is 5.65 Å². The maximum Gasteiger partial charge on any atom is 0.305 e. The minimum atomic E-state index is -0.893. The van der Waals surface area contributed by atoms with Crippen LogP contribution in [0.1, 0.15) is 42.5 Å². The van der Waals surface area contributed by atoms with E-state index in [9.17, 15) is 9.59 Å². The first-order valence-corrected chi connectivity index (χ1v) is 6.92. The first-order valence-electron chi connectivity index (χ1n) is 6.92. The van der Waals surface area contributed by atoms with Crippen molar-refractivity contribution in [3.05, 3.63) is 30.2 Å². The van der Waals surface area contributed by atoms with Crippen LogP contribution in [0.2, 0.25) is 0 Å². The lowest BCUT2D eigenvalue weighted by molar-refractivity contribution is -0.138. The fraction of sp³-hybridized carbons (Fsp3) is 0.429. The second-order valence-corrected chi connectivity index (χ2v) is 5.46. The van der Waals surface area contributed by atoms with Gasteiger partial charge in [-0.2, -0.15) is 5.10 Å². The number of hydrogen-bond acceptors (Lipinski definition) is 4. The van der Waals surface area contributed by atoms with Crippen LogP contribution in [0.5, 0.6) is 0 Å². The van der Waals surface area contributed by atoms with Crippen LogP contribution in [0.4, 0.5) is 0 Å². The van der Waals surface area contributed by atoms with E-state index in [0.717, 1.165) is 12.8 Å². The highest BCUT2D eigenvalue weighted by Crippen LogP contribution is 2.33. The van der Waals surface area contributed by atoms with Crippen LogP contribution in [0.15, 0.2) is 24.7 Å². The van der Waals surface area contributed by atoms with Crippen molar-refractivity contribution in [2.45, 2.75) is 37.6 Å². The summed E-state index contributed by atoms with van der Waals surface area (Å²) in [4.78, 5) is 27.7. The van der Waals surface area contributed by atoms with Gasteiger partial charge in [-0.05, 0) is 18.9 Å². The maximum absolute atomic E-state index is 12.5. The van der Waals surface area contributed by atoms with Gasteiger partial charge in [-0.3, -0.25) is 9.59 Å². The van der Waals surface area contributed by atoms with Gasteiger partial charge in [-0.25, -0.2) is 9.50 Å². The van der Waals surface area contributed by atoms with Crippen LogP contribution in [0.25, 0.3) is 5.65 Å². The normalized spacial score (nSPS) is 17.0. The van der Waals surface area contributed by atoms with E-state index in [1.165, 1.54) is 10.7 Å². The molecule has 2 N–H and O–H groups in total. The molecule has 1 amide bonds. The van der Waals surface area contributed by atoms with Gasteiger partial charge in [-0.15, -0.1) is 0 Å². The number of carbonyl (C=O) groups excluding carboxylic acids is 1. The molecule has 110 valence electrons. The Morgan fingerprint density at radius 2 is 2.14 bits per heavy atom. The highest BCUT2D eigenvalue weighted by Gasteiger charge is 2.38. The van der Waals surface area contributed by atoms with Gasteiger partial charge >= 0.3 is 5.97 Å². The zero-order chi connectivity index (χ0) is 14.9. The number of carboxylic acid groups (broad SMARTS) is 1. The molecule has 3 rings (SSSR count). The third-order valence-corrected chi connectivity index (χ3v) is 3.95. The second kappa shape index (κ2) is 5.16. The zero-order valence-electron chi connectivity index (χ0n) is 11.5. The van der Waals surface area contributed by atoms with Crippen molar-refractivity contribution in [3.8, 4) is 0 Å². The number of nitrogens with one attached hydrogen (secondary N) is 1. The molecule has 2 heterocycles. The standard InChI is InChI=1S/C14H16N4O3/c19-11(20)8-14(4-1-2-5-14)17-13(21)10-9-16-18-7-3-6-15-12(10)18/h3,6-7,9H,1-2,4-5,8H2,(H,17,21)(H,19,20). The molecule has 0 bridgehead atoms. The highest BCUT2D eigenvalue weighted by molar-refractivity contribution is 6.00.